The van der Waals surface area contributed by atoms with Crippen molar-refractivity contribution < 1.29 is 17.6 Å². The van der Waals surface area contributed by atoms with Crippen LogP contribution in [0, 0.1) is 19.7 Å². The Balaban J connectivity index is 1.61. The van der Waals surface area contributed by atoms with E-state index in [2.05, 4.69) is 10.4 Å². The highest BCUT2D eigenvalue weighted by atomic mass is 35.5. The summed E-state index contributed by atoms with van der Waals surface area (Å²) in [7, 11) is -3.87. The number of anilines is 1. The number of halogens is 3. The Morgan fingerprint density at radius 3 is 2.37 bits per heavy atom. The molecule has 1 amide bonds. The standard InChI is InChI=1S/C24H25Cl2FN4O3S/c1-15-23(16(2)31(29-15)14-17-6-8-18(27)9-7-17)28-24(32)19-12-22(21(26)13-20(19)25)35(33,34)30-10-4-3-5-11-30/h6-9,12-13H,3-5,10-11,14H2,1-2H3,(H,28,32). The maximum Gasteiger partial charge on any atom is 0.257 e. The van der Waals surface area contributed by atoms with E-state index >= 15 is 0 Å². The minimum Gasteiger partial charge on any atom is -0.319 e. The summed E-state index contributed by atoms with van der Waals surface area (Å²) < 4.78 is 42.7. The molecule has 186 valence electrons. The van der Waals surface area contributed by atoms with Gasteiger partial charge < -0.3 is 5.32 Å². The van der Waals surface area contributed by atoms with Gasteiger partial charge in [-0.1, -0.05) is 41.8 Å². The van der Waals surface area contributed by atoms with E-state index < -0.39 is 15.9 Å². The first-order valence-electron chi connectivity index (χ1n) is 11.2. The van der Waals surface area contributed by atoms with Crippen LogP contribution in [-0.4, -0.2) is 41.5 Å². The molecule has 1 aliphatic rings. The predicted octanol–water partition coefficient (Wildman–Crippen LogP) is 5.42. The summed E-state index contributed by atoms with van der Waals surface area (Å²) in [5.74, 6) is -0.897. The first-order valence-corrected chi connectivity index (χ1v) is 13.4. The van der Waals surface area contributed by atoms with Crippen LogP contribution in [0.5, 0.6) is 0 Å². The number of aryl methyl sites for hydroxylation is 1. The molecule has 35 heavy (non-hydrogen) atoms. The van der Waals surface area contributed by atoms with E-state index in [9.17, 15) is 17.6 Å². The molecule has 0 radical (unpaired) electrons. The Bertz CT molecular complexity index is 1370. The van der Waals surface area contributed by atoms with Crippen LogP contribution in [0.4, 0.5) is 10.1 Å². The fraction of sp³-hybridized carbons (Fsp3) is 0.333. The van der Waals surface area contributed by atoms with Gasteiger partial charge in [-0.15, -0.1) is 0 Å². The molecule has 1 aliphatic heterocycles. The first kappa shape index (κ1) is 25.6. The average Bonchev–Trinajstić information content (AvgIpc) is 3.08. The molecule has 0 saturated carbocycles. The molecule has 3 aromatic rings. The van der Waals surface area contributed by atoms with Crippen molar-refractivity contribution in [1.29, 1.82) is 0 Å². The summed E-state index contributed by atoms with van der Waals surface area (Å²) in [4.78, 5) is 13.0. The lowest BCUT2D eigenvalue weighted by Gasteiger charge is -2.26. The number of hydrogen-bond donors (Lipinski definition) is 1. The zero-order chi connectivity index (χ0) is 25.3. The fourth-order valence-electron chi connectivity index (χ4n) is 4.12. The minimum absolute atomic E-state index is 0.00302. The molecule has 1 aromatic heterocycles. The molecule has 0 atom stereocenters. The number of piperidine rings is 1. The summed E-state index contributed by atoms with van der Waals surface area (Å²) in [6, 6.07) is 8.61. The second kappa shape index (κ2) is 10.3. The zero-order valence-corrected chi connectivity index (χ0v) is 21.6. The topological polar surface area (TPSA) is 84.3 Å². The van der Waals surface area contributed by atoms with Crippen LogP contribution in [-0.2, 0) is 16.6 Å². The average molecular weight is 539 g/mol. The van der Waals surface area contributed by atoms with Crippen LogP contribution in [0.25, 0.3) is 0 Å². The van der Waals surface area contributed by atoms with Gasteiger partial charge >= 0.3 is 0 Å². The Morgan fingerprint density at radius 1 is 1.06 bits per heavy atom. The number of amides is 1. The second-order valence-corrected chi connectivity index (χ2v) is 11.2. The number of nitrogens with zero attached hydrogens (tertiary/aromatic N) is 3. The van der Waals surface area contributed by atoms with Gasteiger partial charge in [0, 0.05) is 13.1 Å². The van der Waals surface area contributed by atoms with Gasteiger partial charge in [0.05, 0.1) is 39.2 Å². The highest BCUT2D eigenvalue weighted by Gasteiger charge is 2.30. The molecule has 0 unspecified atom stereocenters. The summed E-state index contributed by atoms with van der Waals surface area (Å²) in [5.41, 5.74) is 2.60. The Labute approximate surface area is 213 Å². The van der Waals surface area contributed by atoms with E-state index in [1.807, 2.05) is 0 Å². The van der Waals surface area contributed by atoms with E-state index in [0.717, 1.165) is 24.8 Å². The first-order chi connectivity index (χ1) is 16.6. The van der Waals surface area contributed by atoms with Crippen molar-refractivity contribution in [3.05, 3.63) is 74.8 Å². The molecule has 7 nitrogen and oxygen atoms in total. The summed E-state index contributed by atoms with van der Waals surface area (Å²) in [6.45, 7) is 4.76. The Hall–Kier alpha value is -2.46. The molecule has 0 spiro atoms. The highest BCUT2D eigenvalue weighted by Crippen LogP contribution is 2.32. The van der Waals surface area contributed by atoms with E-state index in [-0.39, 0.29) is 26.3 Å². The lowest BCUT2D eigenvalue weighted by Crippen LogP contribution is -2.35. The third-order valence-corrected chi connectivity index (χ3v) is 8.74. The molecule has 1 N–H and O–H groups in total. The molecular formula is C24H25Cl2FN4O3S. The van der Waals surface area contributed by atoms with Crippen molar-refractivity contribution in [2.45, 2.75) is 44.6 Å². The van der Waals surface area contributed by atoms with Gasteiger partial charge in [0.2, 0.25) is 10.0 Å². The van der Waals surface area contributed by atoms with Crippen molar-refractivity contribution >= 4 is 44.8 Å². The normalized spacial score (nSPS) is 14.8. The molecule has 0 aliphatic carbocycles. The number of carbonyl (C=O) groups excluding carboxylic acids is 1. The van der Waals surface area contributed by atoms with Gasteiger partial charge in [0.1, 0.15) is 10.7 Å². The van der Waals surface area contributed by atoms with Gasteiger partial charge in [-0.05, 0) is 56.5 Å². The summed E-state index contributed by atoms with van der Waals surface area (Å²) in [6.07, 6.45) is 2.53. The largest absolute Gasteiger partial charge is 0.319 e. The maximum absolute atomic E-state index is 13.2. The molecule has 11 heteroatoms. The van der Waals surface area contributed by atoms with Crippen LogP contribution >= 0.6 is 23.2 Å². The smallest absolute Gasteiger partial charge is 0.257 e. The minimum atomic E-state index is -3.87. The molecule has 1 fully saturated rings. The van der Waals surface area contributed by atoms with Crippen LogP contribution in [0.1, 0.15) is 46.6 Å². The molecule has 0 bridgehead atoms. The molecular weight excluding hydrogens is 514 g/mol. The number of benzene rings is 2. The molecule has 4 rings (SSSR count). The number of nitrogens with one attached hydrogen (secondary N) is 1. The number of hydrogen-bond acceptors (Lipinski definition) is 4. The third kappa shape index (κ3) is 5.38. The van der Waals surface area contributed by atoms with Crippen LogP contribution in [0.3, 0.4) is 0 Å². The fourth-order valence-corrected chi connectivity index (χ4v) is 6.47. The number of carbonyl (C=O) groups is 1. The Morgan fingerprint density at radius 2 is 1.71 bits per heavy atom. The molecule has 2 aromatic carbocycles. The van der Waals surface area contributed by atoms with Gasteiger partial charge in [0.25, 0.3) is 5.91 Å². The van der Waals surface area contributed by atoms with Crippen molar-refractivity contribution in [2.24, 2.45) is 0 Å². The summed E-state index contributed by atoms with van der Waals surface area (Å²) in [5, 5.41) is 7.30. The van der Waals surface area contributed by atoms with Gasteiger partial charge in [-0.3, -0.25) is 9.48 Å². The highest BCUT2D eigenvalue weighted by molar-refractivity contribution is 7.89. The van der Waals surface area contributed by atoms with Crippen molar-refractivity contribution in [2.75, 3.05) is 18.4 Å². The van der Waals surface area contributed by atoms with Crippen molar-refractivity contribution in [1.82, 2.24) is 14.1 Å². The van der Waals surface area contributed by atoms with E-state index in [0.29, 0.717) is 36.7 Å². The molecule has 1 saturated heterocycles. The van der Waals surface area contributed by atoms with Gasteiger partial charge in [-0.2, -0.15) is 9.40 Å². The predicted molar refractivity (Wildman–Crippen MR) is 134 cm³/mol. The number of rotatable bonds is 6. The van der Waals surface area contributed by atoms with Crippen molar-refractivity contribution in [3.63, 3.8) is 0 Å². The zero-order valence-electron chi connectivity index (χ0n) is 19.3. The number of sulfonamides is 1. The Kier molecular flexibility index (Phi) is 7.51. The van der Waals surface area contributed by atoms with Gasteiger partial charge in [-0.25, -0.2) is 12.8 Å². The van der Waals surface area contributed by atoms with Crippen LogP contribution in [0.15, 0.2) is 41.3 Å². The SMILES string of the molecule is Cc1nn(Cc2ccc(F)cc2)c(C)c1NC(=O)c1cc(S(=O)(=O)N2CCCCC2)c(Cl)cc1Cl. The van der Waals surface area contributed by atoms with E-state index in [4.69, 9.17) is 23.2 Å². The van der Waals surface area contributed by atoms with Crippen LogP contribution in [0.2, 0.25) is 10.0 Å². The third-order valence-electron chi connectivity index (χ3n) is 6.06. The van der Waals surface area contributed by atoms with Gasteiger partial charge in [0.15, 0.2) is 0 Å². The summed E-state index contributed by atoms with van der Waals surface area (Å²) >= 11 is 12.6. The van der Waals surface area contributed by atoms with Crippen molar-refractivity contribution in [3.8, 4) is 0 Å². The second-order valence-electron chi connectivity index (χ2n) is 8.51. The lowest BCUT2D eigenvalue weighted by atomic mass is 10.2. The van der Waals surface area contributed by atoms with E-state index in [1.165, 1.54) is 28.6 Å². The quantitative estimate of drug-likeness (QED) is 0.454. The lowest BCUT2D eigenvalue weighted by molar-refractivity contribution is 0.102. The van der Waals surface area contributed by atoms with E-state index in [1.54, 1.807) is 30.7 Å². The van der Waals surface area contributed by atoms with Crippen LogP contribution < -0.4 is 5.32 Å². The molecule has 2 heterocycles. The number of aromatic nitrogens is 2. The monoisotopic (exact) mass is 538 g/mol. The maximum atomic E-state index is 13.2.